The number of nitrogens with zero attached hydrogens (tertiary/aromatic N) is 4. The summed E-state index contributed by atoms with van der Waals surface area (Å²) in [5.41, 5.74) is 0.778. The number of fused-ring (bicyclic) bond motifs is 1. The van der Waals surface area contributed by atoms with E-state index in [0.29, 0.717) is 17.0 Å². The van der Waals surface area contributed by atoms with Crippen LogP contribution in [0.15, 0.2) is 0 Å². The molecule has 0 atom stereocenters. The number of methoxy groups -OCH3 is 2. The second-order valence-electron chi connectivity index (χ2n) is 2.98. The maximum absolute atomic E-state index is 5.94. The Morgan fingerprint density at radius 1 is 0.938 bits per heavy atom. The first-order chi connectivity index (χ1) is 7.65. The summed E-state index contributed by atoms with van der Waals surface area (Å²) >= 11 is 5.94. The van der Waals surface area contributed by atoms with Crippen molar-refractivity contribution in [2.75, 3.05) is 14.2 Å². The number of aromatic nitrogens is 4. The third kappa shape index (κ3) is 1.71. The summed E-state index contributed by atoms with van der Waals surface area (Å²) in [5, 5.41) is 0.246. The number of halogens is 1. The van der Waals surface area contributed by atoms with E-state index in [4.69, 9.17) is 21.1 Å². The van der Waals surface area contributed by atoms with E-state index in [1.54, 1.807) is 6.92 Å². The number of hydrogen-bond donors (Lipinski definition) is 0. The van der Waals surface area contributed by atoms with Crippen LogP contribution in [0.1, 0.15) is 5.82 Å². The quantitative estimate of drug-likeness (QED) is 0.739. The molecule has 0 radical (unpaired) electrons. The molecule has 0 unspecified atom stereocenters. The smallest absolute Gasteiger partial charge is 0.279 e. The lowest BCUT2D eigenvalue weighted by Gasteiger charge is -2.06. The molecule has 0 aromatic carbocycles. The summed E-state index contributed by atoms with van der Waals surface area (Å²) < 4.78 is 10.0. The predicted octanol–water partition coefficient (Wildman–Crippen LogP) is 1.40. The number of aryl methyl sites for hydroxylation is 1. The van der Waals surface area contributed by atoms with Gasteiger partial charge < -0.3 is 9.47 Å². The highest BCUT2D eigenvalue weighted by Gasteiger charge is 2.13. The van der Waals surface area contributed by atoms with E-state index in [2.05, 4.69) is 19.9 Å². The molecule has 84 valence electrons. The van der Waals surface area contributed by atoms with Crippen LogP contribution in [0.2, 0.25) is 5.15 Å². The molecule has 2 rings (SSSR count). The Labute approximate surface area is 96.6 Å². The van der Waals surface area contributed by atoms with Crippen LogP contribution in [0.3, 0.4) is 0 Å². The molecule has 0 aliphatic heterocycles. The van der Waals surface area contributed by atoms with Crippen LogP contribution in [-0.4, -0.2) is 34.2 Å². The molecule has 0 saturated heterocycles. The molecular formula is C9H9ClN4O2. The minimum Gasteiger partial charge on any atom is -0.477 e. The monoisotopic (exact) mass is 240 g/mol. The van der Waals surface area contributed by atoms with Gasteiger partial charge in [-0.1, -0.05) is 11.6 Å². The molecule has 0 spiro atoms. The third-order valence-corrected chi connectivity index (χ3v) is 2.19. The van der Waals surface area contributed by atoms with Crippen molar-refractivity contribution in [3.63, 3.8) is 0 Å². The van der Waals surface area contributed by atoms with Gasteiger partial charge in [0.25, 0.3) is 11.8 Å². The lowest BCUT2D eigenvalue weighted by Crippen LogP contribution is -2.01. The SMILES string of the molecule is COc1nc2nc(C)nc(Cl)c2nc1OC. The van der Waals surface area contributed by atoms with Gasteiger partial charge in [-0.25, -0.2) is 15.0 Å². The van der Waals surface area contributed by atoms with Gasteiger partial charge in [-0.3, -0.25) is 0 Å². The van der Waals surface area contributed by atoms with E-state index in [0.717, 1.165) is 0 Å². The summed E-state index contributed by atoms with van der Waals surface area (Å²) in [6.45, 7) is 1.73. The Balaban J connectivity index is 2.78. The van der Waals surface area contributed by atoms with Gasteiger partial charge in [0.05, 0.1) is 14.2 Å². The average molecular weight is 241 g/mol. The minimum absolute atomic E-state index is 0.246. The number of rotatable bonds is 2. The second kappa shape index (κ2) is 4.05. The molecule has 2 heterocycles. The second-order valence-corrected chi connectivity index (χ2v) is 3.33. The molecule has 2 aromatic heterocycles. The van der Waals surface area contributed by atoms with Crippen molar-refractivity contribution in [1.29, 1.82) is 0 Å². The van der Waals surface area contributed by atoms with Gasteiger partial charge in [0.2, 0.25) is 0 Å². The standard InChI is InChI=1S/C9H9ClN4O2/c1-4-11-6(10)5-7(12-4)14-9(16-3)8(13-5)15-2/h1-3H3. The molecule has 6 nitrogen and oxygen atoms in total. The number of hydrogen-bond acceptors (Lipinski definition) is 6. The molecule has 2 aromatic rings. The Kier molecular flexibility index (Phi) is 2.74. The van der Waals surface area contributed by atoms with Crippen LogP contribution in [0.5, 0.6) is 11.8 Å². The highest BCUT2D eigenvalue weighted by Crippen LogP contribution is 2.26. The maximum Gasteiger partial charge on any atom is 0.279 e. The van der Waals surface area contributed by atoms with Gasteiger partial charge in [0.1, 0.15) is 11.3 Å². The lowest BCUT2D eigenvalue weighted by molar-refractivity contribution is 0.334. The summed E-state index contributed by atoms with van der Waals surface area (Å²) in [6, 6.07) is 0. The summed E-state index contributed by atoms with van der Waals surface area (Å²) in [7, 11) is 2.95. The molecule has 0 saturated carbocycles. The van der Waals surface area contributed by atoms with E-state index in [-0.39, 0.29) is 16.9 Å². The first-order valence-electron chi connectivity index (χ1n) is 4.45. The maximum atomic E-state index is 5.94. The zero-order valence-electron chi connectivity index (χ0n) is 8.98. The van der Waals surface area contributed by atoms with Crippen LogP contribution < -0.4 is 9.47 Å². The predicted molar refractivity (Wildman–Crippen MR) is 58.0 cm³/mol. The molecule has 0 bridgehead atoms. The summed E-state index contributed by atoms with van der Waals surface area (Å²) in [5.74, 6) is 1.05. The van der Waals surface area contributed by atoms with Crippen LogP contribution in [0.4, 0.5) is 0 Å². The van der Waals surface area contributed by atoms with Gasteiger partial charge in [-0.05, 0) is 6.92 Å². The van der Waals surface area contributed by atoms with E-state index in [9.17, 15) is 0 Å². The van der Waals surface area contributed by atoms with Crippen molar-refractivity contribution in [3.8, 4) is 11.8 Å². The molecule has 0 amide bonds. The molecule has 0 aliphatic rings. The number of ether oxygens (including phenoxy) is 2. The van der Waals surface area contributed by atoms with Crippen LogP contribution >= 0.6 is 11.6 Å². The van der Waals surface area contributed by atoms with Gasteiger partial charge in [-0.15, -0.1) is 0 Å². The van der Waals surface area contributed by atoms with Gasteiger partial charge in [0.15, 0.2) is 10.8 Å². The van der Waals surface area contributed by atoms with Gasteiger partial charge in [0, 0.05) is 0 Å². The molecule has 0 aliphatic carbocycles. The zero-order chi connectivity index (χ0) is 11.7. The molecule has 7 heteroatoms. The third-order valence-electron chi connectivity index (χ3n) is 1.93. The van der Waals surface area contributed by atoms with Crippen molar-refractivity contribution in [3.05, 3.63) is 11.0 Å². The Morgan fingerprint density at radius 3 is 2.19 bits per heavy atom. The largest absolute Gasteiger partial charge is 0.477 e. The highest BCUT2D eigenvalue weighted by atomic mass is 35.5. The van der Waals surface area contributed by atoms with Crippen molar-refractivity contribution >= 4 is 22.8 Å². The van der Waals surface area contributed by atoms with Gasteiger partial charge in [-0.2, -0.15) is 4.98 Å². The molecular weight excluding hydrogens is 232 g/mol. The Hall–Kier alpha value is -1.69. The molecule has 0 N–H and O–H groups in total. The fraction of sp³-hybridized carbons (Fsp3) is 0.333. The van der Waals surface area contributed by atoms with Crippen molar-refractivity contribution in [1.82, 2.24) is 19.9 Å². The van der Waals surface area contributed by atoms with Crippen LogP contribution in [0, 0.1) is 6.92 Å². The summed E-state index contributed by atoms with van der Waals surface area (Å²) in [6.07, 6.45) is 0. The van der Waals surface area contributed by atoms with E-state index >= 15 is 0 Å². The summed E-state index contributed by atoms with van der Waals surface area (Å²) in [4.78, 5) is 16.4. The normalized spacial score (nSPS) is 10.5. The average Bonchev–Trinajstić information content (AvgIpc) is 2.27. The van der Waals surface area contributed by atoms with Crippen molar-refractivity contribution < 1.29 is 9.47 Å². The van der Waals surface area contributed by atoms with Crippen LogP contribution in [-0.2, 0) is 0 Å². The molecule has 0 fully saturated rings. The Bertz CT molecular complexity index is 547. The zero-order valence-corrected chi connectivity index (χ0v) is 9.74. The fourth-order valence-electron chi connectivity index (χ4n) is 1.25. The lowest BCUT2D eigenvalue weighted by atomic mass is 10.5. The van der Waals surface area contributed by atoms with E-state index in [1.165, 1.54) is 14.2 Å². The first kappa shape index (κ1) is 10.8. The van der Waals surface area contributed by atoms with E-state index < -0.39 is 0 Å². The fourth-order valence-corrected chi connectivity index (χ4v) is 1.50. The van der Waals surface area contributed by atoms with Crippen LogP contribution in [0.25, 0.3) is 11.2 Å². The first-order valence-corrected chi connectivity index (χ1v) is 4.83. The molecule has 16 heavy (non-hydrogen) atoms. The Morgan fingerprint density at radius 2 is 1.56 bits per heavy atom. The van der Waals surface area contributed by atoms with E-state index in [1.807, 2.05) is 0 Å². The van der Waals surface area contributed by atoms with Crippen molar-refractivity contribution in [2.24, 2.45) is 0 Å². The van der Waals surface area contributed by atoms with Gasteiger partial charge >= 0.3 is 0 Å². The topological polar surface area (TPSA) is 70.0 Å². The van der Waals surface area contributed by atoms with Crippen molar-refractivity contribution in [2.45, 2.75) is 6.92 Å². The highest BCUT2D eigenvalue weighted by molar-refractivity contribution is 6.33. The minimum atomic E-state index is 0.246.